The Bertz CT molecular complexity index is 1120. The second kappa shape index (κ2) is 7.14. The van der Waals surface area contributed by atoms with Crippen molar-refractivity contribution in [1.82, 2.24) is 14.9 Å². The van der Waals surface area contributed by atoms with Gasteiger partial charge in [-0.3, -0.25) is 4.90 Å². The van der Waals surface area contributed by atoms with Gasteiger partial charge in [-0.25, -0.2) is 14.8 Å². The number of rotatable bonds is 2. The van der Waals surface area contributed by atoms with Crippen molar-refractivity contribution < 1.29 is 4.42 Å². The Morgan fingerprint density at radius 1 is 1.25 bits per heavy atom. The van der Waals surface area contributed by atoms with Crippen LogP contribution in [0.1, 0.15) is 43.4 Å². The van der Waals surface area contributed by atoms with E-state index in [4.69, 9.17) is 32.6 Å². The van der Waals surface area contributed by atoms with E-state index in [-0.39, 0.29) is 5.41 Å². The summed E-state index contributed by atoms with van der Waals surface area (Å²) < 4.78 is 5.44. The van der Waals surface area contributed by atoms with Crippen molar-refractivity contribution in [3.8, 4) is 0 Å². The SMILES string of the molecule is CC(C)(C)c1ncc2c(n1)CCN(Cc1c(Cl)c3cc(Cl)ccc3oc1=O)C2. The van der Waals surface area contributed by atoms with Gasteiger partial charge in [0.1, 0.15) is 11.4 Å². The molecule has 0 saturated heterocycles. The second-order valence-corrected chi connectivity index (χ2v) is 9.01. The van der Waals surface area contributed by atoms with E-state index in [0.29, 0.717) is 39.7 Å². The molecule has 7 heteroatoms. The quantitative estimate of drug-likeness (QED) is 0.563. The first-order chi connectivity index (χ1) is 13.2. The molecule has 1 aliphatic rings. The van der Waals surface area contributed by atoms with Gasteiger partial charge in [-0.1, -0.05) is 44.0 Å². The normalized spacial score (nSPS) is 15.0. The average molecular weight is 418 g/mol. The van der Waals surface area contributed by atoms with Gasteiger partial charge in [0.25, 0.3) is 0 Å². The molecule has 2 aromatic heterocycles. The van der Waals surface area contributed by atoms with Crippen molar-refractivity contribution in [2.24, 2.45) is 0 Å². The molecule has 0 bridgehead atoms. The van der Waals surface area contributed by atoms with Crippen LogP contribution >= 0.6 is 23.2 Å². The summed E-state index contributed by atoms with van der Waals surface area (Å²) in [5.74, 6) is 0.856. The van der Waals surface area contributed by atoms with Crippen molar-refractivity contribution >= 4 is 34.2 Å². The van der Waals surface area contributed by atoms with Gasteiger partial charge in [-0.05, 0) is 18.2 Å². The van der Waals surface area contributed by atoms with Crippen LogP contribution in [0.5, 0.6) is 0 Å². The Morgan fingerprint density at radius 3 is 2.79 bits per heavy atom. The maximum Gasteiger partial charge on any atom is 0.342 e. The highest BCUT2D eigenvalue weighted by Crippen LogP contribution is 2.29. The van der Waals surface area contributed by atoms with Gasteiger partial charge in [-0.2, -0.15) is 0 Å². The molecule has 1 aliphatic heterocycles. The highest BCUT2D eigenvalue weighted by atomic mass is 35.5. The molecular weight excluding hydrogens is 397 g/mol. The molecule has 0 radical (unpaired) electrons. The van der Waals surface area contributed by atoms with Crippen LogP contribution in [0.3, 0.4) is 0 Å². The number of aromatic nitrogens is 2. The highest BCUT2D eigenvalue weighted by molar-refractivity contribution is 6.37. The molecule has 5 nitrogen and oxygen atoms in total. The first kappa shape index (κ1) is 19.4. The van der Waals surface area contributed by atoms with Gasteiger partial charge >= 0.3 is 5.63 Å². The van der Waals surface area contributed by atoms with E-state index in [0.717, 1.165) is 30.0 Å². The predicted octanol–water partition coefficient (Wildman–Crippen LogP) is 4.75. The second-order valence-electron chi connectivity index (χ2n) is 8.20. The lowest BCUT2D eigenvalue weighted by molar-refractivity contribution is 0.239. The molecule has 0 saturated carbocycles. The molecule has 0 spiro atoms. The highest BCUT2D eigenvalue weighted by Gasteiger charge is 2.24. The third kappa shape index (κ3) is 3.66. The molecular formula is C21H21Cl2N3O2. The fourth-order valence-electron chi connectivity index (χ4n) is 3.40. The molecule has 0 unspecified atom stereocenters. The van der Waals surface area contributed by atoms with Crippen LogP contribution in [-0.4, -0.2) is 21.4 Å². The van der Waals surface area contributed by atoms with Gasteiger partial charge in [0.05, 0.1) is 10.6 Å². The molecule has 0 aliphatic carbocycles. The molecule has 0 atom stereocenters. The van der Waals surface area contributed by atoms with Crippen molar-refractivity contribution in [3.63, 3.8) is 0 Å². The van der Waals surface area contributed by atoms with Crippen LogP contribution in [0.15, 0.2) is 33.6 Å². The lowest BCUT2D eigenvalue weighted by atomic mass is 9.95. The van der Waals surface area contributed by atoms with E-state index < -0.39 is 5.63 Å². The molecule has 0 N–H and O–H groups in total. The number of nitrogens with zero attached hydrogens (tertiary/aromatic N) is 3. The first-order valence-corrected chi connectivity index (χ1v) is 9.96. The van der Waals surface area contributed by atoms with E-state index in [1.54, 1.807) is 18.2 Å². The van der Waals surface area contributed by atoms with E-state index in [1.807, 2.05) is 6.20 Å². The van der Waals surface area contributed by atoms with E-state index in [1.165, 1.54) is 0 Å². The molecule has 3 heterocycles. The largest absolute Gasteiger partial charge is 0.422 e. The van der Waals surface area contributed by atoms with Crippen LogP contribution < -0.4 is 5.63 Å². The molecule has 3 aromatic rings. The third-order valence-electron chi connectivity index (χ3n) is 4.96. The molecule has 0 amide bonds. The van der Waals surface area contributed by atoms with Crippen molar-refractivity contribution in [2.75, 3.05) is 6.54 Å². The fraction of sp³-hybridized carbons (Fsp3) is 0.381. The van der Waals surface area contributed by atoms with Gasteiger partial charge < -0.3 is 4.42 Å². The molecule has 0 fully saturated rings. The summed E-state index contributed by atoms with van der Waals surface area (Å²) >= 11 is 12.6. The topological polar surface area (TPSA) is 59.2 Å². The van der Waals surface area contributed by atoms with Gasteiger partial charge in [0, 0.05) is 59.3 Å². The monoisotopic (exact) mass is 417 g/mol. The summed E-state index contributed by atoms with van der Waals surface area (Å²) in [4.78, 5) is 23.9. The van der Waals surface area contributed by atoms with Crippen molar-refractivity contribution in [1.29, 1.82) is 0 Å². The predicted molar refractivity (Wildman–Crippen MR) is 111 cm³/mol. The number of hydrogen-bond acceptors (Lipinski definition) is 5. The molecule has 146 valence electrons. The Morgan fingerprint density at radius 2 is 2.04 bits per heavy atom. The van der Waals surface area contributed by atoms with Gasteiger partial charge in [0.2, 0.25) is 0 Å². The van der Waals surface area contributed by atoms with Crippen molar-refractivity contribution in [3.05, 3.63) is 67.5 Å². The van der Waals surface area contributed by atoms with Crippen LogP contribution in [0.4, 0.5) is 0 Å². The fourth-order valence-corrected chi connectivity index (χ4v) is 3.86. The molecule has 1 aromatic carbocycles. The van der Waals surface area contributed by atoms with Gasteiger partial charge in [0.15, 0.2) is 0 Å². The lowest BCUT2D eigenvalue weighted by Crippen LogP contribution is -2.33. The summed E-state index contributed by atoms with van der Waals surface area (Å²) in [6.07, 6.45) is 2.71. The minimum absolute atomic E-state index is 0.0784. The van der Waals surface area contributed by atoms with Gasteiger partial charge in [-0.15, -0.1) is 0 Å². The summed E-state index contributed by atoms with van der Waals surface area (Å²) in [5.41, 5.74) is 2.57. The van der Waals surface area contributed by atoms with Crippen LogP contribution in [0.25, 0.3) is 11.0 Å². The van der Waals surface area contributed by atoms with E-state index >= 15 is 0 Å². The summed E-state index contributed by atoms with van der Waals surface area (Å²) in [5, 5.41) is 1.60. The zero-order valence-corrected chi connectivity index (χ0v) is 17.6. The lowest BCUT2D eigenvalue weighted by Gasteiger charge is -2.29. The summed E-state index contributed by atoms with van der Waals surface area (Å²) in [6, 6.07) is 5.06. The van der Waals surface area contributed by atoms with Crippen LogP contribution in [0, 0.1) is 0 Å². The zero-order chi connectivity index (χ0) is 20.1. The van der Waals surface area contributed by atoms with Crippen LogP contribution in [-0.2, 0) is 24.9 Å². The minimum atomic E-state index is -0.412. The minimum Gasteiger partial charge on any atom is -0.422 e. The van der Waals surface area contributed by atoms with E-state index in [2.05, 4.69) is 30.7 Å². The van der Waals surface area contributed by atoms with Crippen molar-refractivity contribution in [2.45, 2.75) is 45.7 Å². The Balaban J connectivity index is 1.62. The number of benzene rings is 1. The first-order valence-electron chi connectivity index (χ1n) is 9.21. The maximum absolute atomic E-state index is 12.5. The number of halogens is 2. The average Bonchev–Trinajstić information content (AvgIpc) is 2.64. The molecule has 28 heavy (non-hydrogen) atoms. The smallest absolute Gasteiger partial charge is 0.342 e. The Labute approximate surface area is 173 Å². The zero-order valence-electron chi connectivity index (χ0n) is 16.1. The van der Waals surface area contributed by atoms with Crippen LogP contribution in [0.2, 0.25) is 10.0 Å². The summed E-state index contributed by atoms with van der Waals surface area (Å²) in [7, 11) is 0. The standard InChI is InChI=1S/C21H21Cl2N3O2/c1-21(2,3)20-24-9-12-10-26(7-6-16(12)25-20)11-15-18(23)14-8-13(22)4-5-17(14)28-19(15)27/h4-5,8-9H,6-7,10-11H2,1-3H3. The Hall–Kier alpha value is -1.95. The summed E-state index contributed by atoms with van der Waals surface area (Å²) in [6.45, 7) is 8.19. The Kier molecular flexibility index (Phi) is 4.94. The number of hydrogen-bond donors (Lipinski definition) is 0. The third-order valence-corrected chi connectivity index (χ3v) is 5.62. The number of fused-ring (bicyclic) bond motifs is 2. The van der Waals surface area contributed by atoms with E-state index in [9.17, 15) is 4.79 Å². The maximum atomic E-state index is 12.5. The molecule has 4 rings (SSSR count).